The minimum Gasteiger partial charge on any atom is -0.444 e. The highest BCUT2D eigenvalue weighted by Gasteiger charge is 2.13. The number of benzene rings is 1. The third-order valence-corrected chi connectivity index (χ3v) is 4.50. The van der Waals surface area contributed by atoms with Gasteiger partial charge in [0.1, 0.15) is 5.76 Å². The monoisotopic (exact) mass is 284 g/mol. The van der Waals surface area contributed by atoms with E-state index in [1.165, 1.54) is 42.4 Å². The van der Waals surface area contributed by atoms with Gasteiger partial charge in [-0.05, 0) is 63.1 Å². The van der Waals surface area contributed by atoms with E-state index in [2.05, 4.69) is 35.4 Å². The number of rotatable bonds is 4. The Hall–Kier alpha value is -1.61. The maximum atomic E-state index is 5.62. The number of nitrogens with zero attached hydrogens (tertiary/aromatic N) is 1. The van der Waals surface area contributed by atoms with Gasteiger partial charge in [-0.15, -0.1) is 0 Å². The van der Waals surface area contributed by atoms with Crippen molar-refractivity contribution in [1.82, 2.24) is 10.3 Å². The quantitative estimate of drug-likeness (QED) is 0.921. The zero-order valence-electron chi connectivity index (χ0n) is 13.2. The molecule has 0 amide bonds. The fourth-order valence-electron chi connectivity index (χ4n) is 3.00. The Labute approximate surface area is 126 Å². The molecule has 1 N–H and O–H groups in total. The molecule has 1 aliphatic rings. The van der Waals surface area contributed by atoms with Gasteiger partial charge in [0, 0.05) is 6.04 Å². The normalized spacial score (nSPS) is 15.8. The molecule has 0 saturated heterocycles. The summed E-state index contributed by atoms with van der Waals surface area (Å²) in [5.41, 5.74) is 5.41. The second-order valence-electron chi connectivity index (χ2n) is 6.09. The Morgan fingerprint density at radius 3 is 2.67 bits per heavy atom. The number of hydrogen-bond donors (Lipinski definition) is 1. The largest absolute Gasteiger partial charge is 0.444 e. The third kappa shape index (κ3) is 3.18. The lowest BCUT2D eigenvalue weighted by atomic mass is 9.89. The molecule has 0 aliphatic heterocycles. The van der Waals surface area contributed by atoms with Gasteiger partial charge in [0.25, 0.3) is 0 Å². The van der Waals surface area contributed by atoms with Crippen molar-refractivity contribution in [2.75, 3.05) is 0 Å². The van der Waals surface area contributed by atoms with Crippen molar-refractivity contribution in [3.63, 3.8) is 0 Å². The lowest BCUT2D eigenvalue weighted by Crippen LogP contribution is -2.19. The summed E-state index contributed by atoms with van der Waals surface area (Å²) in [5.74, 6) is 1.68. The molecule has 0 fully saturated rings. The van der Waals surface area contributed by atoms with E-state index in [-0.39, 0.29) is 0 Å². The van der Waals surface area contributed by atoms with Gasteiger partial charge in [0.15, 0.2) is 0 Å². The summed E-state index contributed by atoms with van der Waals surface area (Å²) in [5, 5.41) is 3.51. The first-order valence-electron chi connectivity index (χ1n) is 7.91. The Balaban J connectivity index is 1.66. The van der Waals surface area contributed by atoms with Gasteiger partial charge in [-0.3, -0.25) is 0 Å². The van der Waals surface area contributed by atoms with Crippen molar-refractivity contribution in [1.29, 1.82) is 0 Å². The zero-order valence-corrected chi connectivity index (χ0v) is 13.2. The van der Waals surface area contributed by atoms with E-state index in [0.29, 0.717) is 12.6 Å². The minimum atomic E-state index is 0.310. The van der Waals surface area contributed by atoms with Gasteiger partial charge >= 0.3 is 0 Å². The predicted octanol–water partition coefficient (Wildman–Crippen LogP) is 4.02. The lowest BCUT2D eigenvalue weighted by Gasteiger charge is -2.19. The van der Waals surface area contributed by atoms with Crippen LogP contribution in [0.3, 0.4) is 0 Å². The summed E-state index contributed by atoms with van der Waals surface area (Å²) in [6, 6.07) is 7.25. The summed E-state index contributed by atoms with van der Waals surface area (Å²) in [4.78, 5) is 4.42. The Morgan fingerprint density at radius 1 is 1.19 bits per heavy atom. The fraction of sp³-hybridized carbons (Fsp3) is 0.500. The van der Waals surface area contributed by atoms with Crippen LogP contribution in [-0.4, -0.2) is 4.98 Å². The van der Waals surface area contributed by atoms with E-state index in [1.54, 1.807) is 0 Å². The van der Waals surface area contributed by atoms with E-state index < -0.39 is 0 Å². The second kappa shape index (κ2) is 6.02. The van der Waals surface area contributed by atoms with E-state index in [0.717, 1.165) is 17.3 Å². The van der Waals surface area contributed by atoms with Gasteiger partial charge in [-0.25, -0.2) is 4.98 Å². The maximum Gasteiger partial charge on any atom is 0.208 e. The summed E-state index contributed by atoms with van der Waals surface area (Å²) in [7, 11) is 0. The highest BCUT2D eigenvalue weighted by molar-refractivity contribution is 5.35. The molecule has 3 rings (SSSR count). The van der Waals surface area contributed by atoms with Crippen molar-refractivity contribution in [3.05, 3.63) is 52.2 Å². The first-order valence-corrected chi connectivity index (χ1v) is 7.91. The van der Waals surface area contributed by atoms with Crippen molar-refractivity contribution >= 4 is 0 Å². The number of oxazole rings is 1. The lowest BCUT2D eigenvalue weighted by molar-refractivity contribution is 0.432. The van der Waals surface area contributed by atoms with Crippen molar-refractivity contribution in [2.24, 2.45) is 0 Å². The number of nitrogens with one attached hydrogen (secondary N) is 1. The first-order chi connectivity index (χ1) is 10.1. The molecule has 112 valence electrons. The van der Waals surface area contributed by atoms with E-state index in [1.807, 2.05) is 13.8 Å². The van der Waals surface area contributed by atoms with Crippen LogP contribution in [0.5, 0.6) is 0 Å². The molecule has 3 heteroatoms. The van der Waals surface area contributed by atoms with Crippen molar-refractivity contribution in [3.8, 4) is 0 Å². The van der Waals surface area contributed by atoms with E-state index in [9.17, 15) is 0 Å². The minimum absolute atomic E-state index is 0.310. The SMILES string of the molecule is Cc1nc(CNC(C)c2ccc3c(c2)CCCC3)oc1C. The molecule has 0 bridgehead atoms. The number of aryl methyl sites for hydroxylation is 4. The molecule has 1 unspecified atom stereocenters. The van der Waals surface area contributed by atoms with E-state index >= 15 is 0 Å². The van der Waals surface area contributed by atoms with Crippen LogP contribution < -0.4 is 5.32 Å². The average molecular weight is 284 g/mol. The van der Waals surface area contributed by atoms with E-state index in [4.69, 9.17) is 4.42 Å². The Bertz CT molecular complexity index is 611. The molecule has 1 atom stereocenters. The summed E-state index contributed by atoms with van der Waals surface area (Å²) < 4.78 is 5.62. The molecule has 0 radical (unpaired) electrons. The Kier molecular flexibility index (Phi) is 4.11. The molecule has 1 heterocycles. The highest BCUT2D eigenvalue weighted by atomic mass is 16.4. The van der Waals surface area contributed by atoms with Gasteiger partial charge < -0.3 is 9.73 Å². The van der Waals surface area contributed by atoms with Crippen LogP contribution in [0.4, 0.5) is 0 Å². The van der Waals surface area contributed by atoms with Crippen molar-refractivity contribution < 1.29 is 4.42 Å². The molecule has 0 spiro atoms. The average Bonchev–Trinajstić information content (AvgIpc) is 2.83. The zero-order chi connectivity index (χ0) is 14.8. The number of hydrogen-bond acceptors (Lipinski definition) is 3. The molecule has 21 heavy (non-hydrogen) atoms. The summed E-state index contributed by atoms with van der Waals surface area (Å²) in [6.45, 7) is 6.81. The third-order valence-electron chi connectivity index (χ3n) is 4.50. The van der Waals surface area contributed by atoms with Crippen LogP contribution >= 0.6 is 0 Å². The molecule has 1 aromatic carbocycles. The van der Waals surface area contributed by atoms with Crippen LogP contribution in [0.25, 0.3) is 0 Å². The maximum absolute atomic E-state index is 5.62. The van der Waals surface area contributed by atoms with Crippen LogP contribution in [-0.2, 0) is 19.4 Å². The molecule has 2 aromatic rings. The van der Waals surface area contributed by atoms with Gasteiger partial charge in [0.2, 0.25) is 5.89 Å². The highest BCUT2D eigenvalue weighted by Crippen LogP contribution is 2.25. The number of aromatic nitrogens is 1. The van der Waals surface area contributed by atoms with Gasteiger partial charge in [0.05, 0.1) is 12.2 Å². The first kappa shape index (κ1) is 14.3. The molecule has 1 aromatic heterocycles. The van der Waals surface area contributed by atoms with Crippen LogP contribution in [0.15, 0.2) is 22.6 Å². The standard InChI is InChI=1S/C18H24N2O/c1-12-14(3)21-18(20-12)11-19-13(2)16-9-8-15-6-4-5-7-17(15)10-16/h8-10,13,19H,4-7,11H2,1-3H3. The summed E-state index contributed by atoms with van der Waals surface area (Å²) in [6.07, 6.45) is 5.14. The van der Waals surface area contributed by atoms with Crippen LogP contribution in [0, 0.1) is 13.8 Å². The van der Waals surface area contributed by atoms with Crippen LogP contribution in [0.2, 0.25) is 0 Å². The molecule has 3 nitrogen and oxygen atoms in total. The number of fused-ring (bicyclic) bond motifs is 1. The molecular weight excluding hydrogens is 260 g/mol. The van der Waals surface area contributed by atoms with Gasteiger partial charge in [-0.2, -0.15) is 0 Å². The van der Waals surface area contributed by atoms with Crippen molar-refractivity contribution in [2.45, 2.75) is 59.0 Å². The predicted molar refractivity (Wildman–Crippen MR) is 84.3 cm³/mol. The fourth-order valence-corrected chi connectivity index (χ4v) is 3.00. The van der Waals surface area contributed by atoms with Gasteiger partial charge in [-0.1, -0.05) is 18.2 Å². The second-order valence-corrected chi connectivity index (χ2v) is 6.09. The molecule has 1 aliphatic carbocycles. The topological polar surface area (TPSA) is 38.1 Å². The summed E-state index contributed by atoms with van der Waals surface area (Å²) >= 11 is 0. The molecular formula is C18H24N2O. The Morgan fingerprint density at radius 2 is 1.95 bits per heavy atom. The van der Waals surface area contributed by atoms with Crippen LogP contribution in [0.1, 0.15) is 59.8 Å². The molecule has 0 saturated carbocycles. The smallest absolute Gasteiger partial charge is 0.208 e.